The van der Waals surface area contributed by atoms with Crippen molar-refractivity contribution in [2.75, 3.05) is 14.2 Å². The molecule has 1 rings (SSSR count). The standard InChI is InChI=1S/C9H12FO5PS/c1-14-16(11,15-2)9(10)17(12,13)8-6-4-3-5-7-8/h3-7,9H,1-2H3. The smallest absolute Gasteiger partial charge is 0.309 e. The molecule has 0 spiro atoms. The van der Waals surface area contributed by atoms with Crippen LogP contribution in [0, 0.1) is 0 Å². The van der Waals surface area contributed by atoms with E-state index in [1.165, 1.54) is 24.3 Å². The first-order valence-corrected chi connectivity index (χ1v) is 7.68. The van der Waals surface area contributed by atoms with Gasteiger partial charge in [0.15, 0.2) is 0 Å². The second-order valence-corrected chi connectivity index (χ2v) is 7.64. The van der Waals surface area contributed by atoms with Crippen LogP contribution in [-0.2, 0) is 23.4 Å². The zero-order chi connectivity index (χ0) is 13.1. The SMILES string of the molecule is COP(=O)(OC)C(F)S(=O)(=O)c1ccccc1. The summed E-state index contributed by atoms with van der Waals surface area (Å²) >= 11 is 0. The lowest BCUT2D eigenvalue weighted by Gasteiger charge is -2.17. The Kier molecular flexibility index (Phi) is 4.43. The van der Waals surface area contributed by atoms with Crippen molar-refractivity contribution in [2.24, 2.45) is 0 Å². The van der Waals surface area contributed by atoms with Gasteiger partial charge in [0.25, 0.3) is 0 Å². The van der Waals surface area contributed by atoms with Gasteiger partial charge in [0, 0.05) is 14.2 Å². The lowest BCUT2D eigenvalue weighted by Crippen LogP contribution is -2.18. The molecular weight excluding hydrogens is 270 g/mol. The average Bonchev–Trinajstić information content (AvgIpc) is 2.38. The Morgan fingerprint density at radius 2 is 1.65 bits per heavy atom. The molecule has 1 aromatic rings. The molecule has 0 heterocycles. The summed E-state index contributed by atoms with van der Waals surface area (Å²) in [6.07, 6.45) is 0. The van der Waals surface area contributed by atoms with Crippen molar-refractivity contribution < 1.29 is 26.4 Å². The van der Waals surface area contributed by atoms with E-state index in [0.29, 0.717) is 0 Å². The third-order valence-electron chi connectivity index (χ3n) is 2.09. The van der Waals surface area contributed by atoms with Gasteiger partial charge in [-0.2, -0.15) is 0 Å². The van der Waals surface area contributed by atoms with Gasteiger partial charge in [-0.1, -0.05) is 18.2 Å². The highest BCUT2D eigenvalue weighted by molar-refractivity contribution is 7.98. The van der Waals surface area contributed by atoms with E-state index in [-0.39, 0.29) is 4.90 Å². The first-order chi connectivity index (χ1) is 7.88. The molecule has 0 saturated heterocycles. The van der Waals surface area contributed by atoms with Gasteiger partial charge in [-0.05, 0) is 12.1 Å². The molecule has 0 saturated carbocycles. The van der Waals surface area contributed by atoms with Crippen molar-refractivity contribution in [3.05, 3.63) is 30.3 Å². The van der Waals surface area contributed by atoms with Gasteiger partial charge < -0.3 is 9.05 Å². The van der Waals surface area contributed by atoms with Gasteiger partial charge in [-0.25, -0.2) is 12.8 Å². The summed E-state index contributed by atoms with van der Waals surface area (Å²) in [5.41, 5.74) is 0. The molecule has 0 aromatic heterocycles. The topological polar surface area (TPSA) is 69.7 Å². The van der Waals surface area contributed by atoms with Crippen LogP contribution < -0.4 is 0 Å². The number of halogens is 1. The zero-order valence-electron chi connectivity index (χ0n) is 9.24. The van der Waals surface area contributed by atoms with Crippen molar-refractivity contribution in [1.82, 2.24) is 0 Å². The molecule has 0 aliphatic rings. The van der Waals surface area contributed by atoms with Crippen LogP contribution in [0.15, 0.2) is 35.2 Å². The Hall–Kier alpha value is -0.750. The number of alkyl halides is 1. The van der Waals surface area contributed by atoms with E-state index in [1.54, 1.807) is 6.07 Å². The molecule has 0 radical (unpaired) electrons. The van der Waals surface area contributed by atoms with Crippen LogP contribution in [0.1, 0.15) is 0 Å². The van der Waals surface area contributed by atoms with E-state index in [9.17, 15) is 17.4 Å². The predicted molar refractivity (Wildman–Crippen MR) is 60.1 cm³/mol. The van der Waals surface area contributed by atoms with E-state index >= 15 is 0 Å². The predicted octanol–water partition coefficient (Wildman–Crippen LogP) is 2.20. The molecule has 0 amide bonds. The number of rotatable bonds is 5. The molecule has 8 heteroatoms. The fourth-order valence-electron chi connectivity index (χ4n) is 1.13. The molecule has 1 aromatic carbocycles. The minimum Gasteiger partial charge on any atom is -0.309 e. The van der Waals surface area contributed by atoms with E-state index in [4.69, 9.17) is 0 Å². The molecule has 0 N–H and O–H groups in total. The van der Waals surface area contributed by atoms with Crippen LogP contribution in [-0.4, -0.2) is 27.9 Å². The Labute approximate surface area is 99.0 Å². The molecular formula is C9H12FO5PS. The molecule has 0 aliphatic heterocycles. The van der Waals surface area contributed by atoms with Gasteiger partial charge in [0.05, 0.1) is 4.90 Å². The second kappa shape index (κ2) is 5.27. The highest BCUT2D eigenvalue weighted by Gasteiger charge is 2.45. The Morgan fingerprint density at radius 1 is 1.18 bits per heavy atom. The summed E-state index contributed by atoms with van der Waals surface area (Å²) < 4.78 is 57.7. The monoisotopic (exact) mass is 282 g/mol. The van der Waals surface area contributed by atoms with Gasteiger partial charge in [0.1, 0.15) is 0 Å². The lowest BCUT2D eigenvalue weighted by atomic mass is 10.4. The van der Waals surface area contributed by atoms with Crippen molar-refractivity contribution >= 4 is 17.4 Å². The summed E-state index contributed by atoms with van der Waals surface area (Å²) in [6, 6.07) is 6.86. The number of hydrogen-bond donors (Lipinski definition) is 0. The van der Waals surface area contributed by atoms with Crippen LogP contribution in [0.5, 0.6) is 0 Å². The fourth-order valence-corrected chi connectivity index (χ4v) is 4.62. The summed E-state index contributed by atoms with van der Waals surface area (Å²) in [6.45, 7) is 0. The quantitative estimate of drug-likeness (QED) is 0.774. The van der Waals surface area contributed by atoms with E-state index < -0.39 is 22.7 Å². The molecule has 0 aliphatic carbocycles. The zero-order valence-corrected chi connectivity index (χ0v) is 10.9. The third kappa shape index (κ3) is 2.74. The first-order valence-electron chi connectivity index (χ1n) is 4.52. The maximum atomic E-state index is 13.8. The molecule has 17 heavy (non-hydrogen) atoms. The molecule has 1 atom stereocenters. The van der Waals surface area contributed by atoms with Crippen molar-refractivity contribution in [3.63, 3.8) is 0 Å². The maximum Gasteiger partial charge on any atom is 0.380 e. The van der Waals surface area contributed by atoms with Gasteiger partial charge in [-0.15, -0.1) is 0 Å². The summed E-state index contributed by atoms with van der Waals surface area (Å²) in [5, 5.41) is -2.74. The Balaban J connectivity index is 3.21. The average molecular weight is 282 g/mol. The molecule has 96 valence electrons. The number of benzene rings is 1. The number of sulfone groups is 1. The Bertz CT molecular complexity index is 507. The maximum absolute atomic E-state index is 13.8. The summed E-state index contributed by atoms with van der Waals surface area (Å²) in [4.78, 5) is -0.276. The van der Waals surface area contributed by atoms with Crippen molar-refractivity contribution in [3.8, 4) is 0 Å². The highest BCUT2D eigenvalue weighted by atomic mass is 32.2. The van der Waals surface area contributed by atoms with Crippen LogP contribution in [0.25, 0.3) is 0 Å². The molecule has 0 bridgehead atoms. The first kappa shape index (κ1) is 14.3. The van der Waals surface area contributed by atoms with E-state index in [0.717, 1.165) is 14.2 Å². The molecule has 1 unspecified atom stereocenters. The van der Waals surface area contributed by atoms with Crippen LogP contribution in [0.3, 0.4) is 0 Å². The van der Waals surface area contributed by atoms with E-state index in [2.05, 4.69) is 9.05 Å². The van der Waals surface area contributed by atoms with Crippen molar-refractivity contribution in [1.29, 1.82) is 0 Å². The van der Waals surface area contributed by atoms with Crippen LogP contribution in [0.4, 0.5) is 4.39 Å². The fraction of sp³-hybridized carbons (Fsp3) is 0.333. The molecule has 5 nitrogen and oxygen atoms in total. The van der Waals surface area contributed by atoms with Gasteiger partial charge in [0.2, 0.25) is 9.84 Å². The van der Waals surface area contributed by atoms with E-state index in [1.807, 2.05) is 0 Å². The largest absolute Gasteiger partial charge is 0.380 e. The summed E-state index contributed by atoms with van der Waals surface area (Å²) in [7, 11) is -6.86. The minimum absolute atomic E-state index is 0.276. The van der Waals surface area contributed by atoms with Gasteiger partial charge in [-0.3, -0.25) is 4.57 Å². The van der Waals surface area contributed by atoms with Crippen LogP contribution >= 0.6 is 7.60 Å². The highest BCUT2D eigenvalue weighted by Crippen LogP contribution is 2.55. The van der Waals surface area contributed by atoms with Crippen LogP contribution in [0.2, 0.25) is 0 Å². The summed E-state index contributed by atoms with van der Waals surface area (Å²) in [5.74, 6) is 0. The molecule has 0 fully saturated rings. The van der Waals surface area contributed by atoms with Crippen molar-refractivity contribution in [2.45, 2.75) is 10.1 Å². The minimum atomic E-state index is -4.40. The third-order valence-corrected chi connectivity index (χ3v) is 6.65. The second-order valence-electron chi connectivity index (χ2n) is 3.06. The normalized spacial score (nSPS) is 14.5. The number of hydrogen-bond acceptors (Lipinski definition) is 5. The van der Waals surface area contributed by atoms with Gasteiger partial charge >= 0.3 is 12.8 Å². The Morgan fingerprint density at radius 3 is 2.06 bits per heavy atom. The lowest BCUT2D eigenvalue weighted by molar-refractivity contribution is 0.253.